The second-order valence-electron chi connectivity index (χ2n) is 16.2. The van der Waals surface area contributed by atoms with Crippen molar-refractivity contribution in [2.75, 3.05) is 0 Å². The minimum absolute atomic E-state index is 0.534. The number of hydrogen-bond donors (Lipinski definition) is 0. The lowest BCUT2D eigenvalue weighted by Crippen LogP contribution is -2.13. The zero-order valence-electron chi connectivity index (χ0n) is 33.7. The van der Waals surface area contributed by atoms with E-state index in [1.54, 1.807) is 0 Å². The van der Waals surface area contributed by atoms with Gasteiger partial charge < -0.3 is 9.13 Å². The van der Waals surface area contributed by atoms with Crippen LogP contribution in [0.1, 0.15) is 0 Å². The van der Waals surface area contributed by atoms with Gasteiger partial charge >= 0.3 is 0 Å². The fourth-order valence-electron chi connectivity index (χ4n) is 10.0. The van der Waals surface area contributed by atoms with E-state index in [2.05, 4.69) is 229 Å². The van der Waals surface area contributed by atoms with Gasteiger partial charge in [-0.3, -0.25) is 13.7 Å². The summed E-state index contributed by atoms with van der Waals surface area (Å²) < 4.78 is 11.2. The fraction of sp³-hybridized carbons (Fsp3) is 0. The van der Waals surface area contributed by atoms with Crippen molar-refractivity contribution in [3.63, 3.8) is 0 Å². The predicted octanol–water partition coefficient (Wildman–Crippen LogP) is 13.1. The zero-order valence-corrected chi connectivity index (χ0v) is 33.7. The highest BCUT2D eigenvalue weighted by molar-refractivity contribution is 6.15. The first kappa shape index (κ1) is 34.0. The van der Waals surface area contributed by atoms with Crippen LogP contribution in [0.3, 0.4) is 0 Å². The van der Waals surface area contributed by atoms with Crippen LogP contribution < -0.4 is 0 Å². The molecule has 0 unspecified atom stereocenters. The first-order valence-corrected chi connectivity index (χ1v) is 21.2. The smallest absolute Gasteiger partial charge is 0.241 e. The minimum atomic E-state index is 0.534. The number of benzene rings is 8. The van der Waals surface area contributed by atoms with Gasteiger partial charge in [-0.25, -0.2) is 0 Å². The molecule has 0 atom stereocenters. The summed E-state index contributed by atoms with van der Waals surface area (Å²) in [6.45, 7) is 0. The molecule has 63 heavy (non-hydrogen) atoms. The molecule has 8 nitrogen and oxygen atoms in total. The summed E-state index contributed by atoms with van der Waals surface area (Å²) in [7, 11) is 0. The van der Waals surface area contributed by atoms with Gasteiger partial charge in [0, 0.05) is 66.9 Å². The van der Waals surface area contributed by atoms with Crippen LogP contribution >= 0.6 is 0 Å². The molecule has 14 rings (SSSR count). The first-order valence-electron chi connectivity index (χ1n) is 21.2. The Bertz CT molecular complexity index is 3880. The van der Waals surface area contributed by atoms with Crippen LogP contribution in [-0.2, 0) is 0 Å². The van der Waals surface area contributed by atoms with E-state index in [0.717, 1.165) is 98.6 Å². The standard InChI is InChI=1S/C55H34N8/c1-3-15-37(16-4-1)59-29-27-35-31-51-43(33-49(35)59)41-21-9-13-25-47(41)62(51)54-56-53(61-45-23-11-7-19-39(45)40-20-8-12-24-46(40)61)57-55(58-54)63-48-26-14-10-22-42(48)44-34-50-36(32-52(44)63)28-30-60(50)38-17-5-2-6-18-38/h1-34H. The van der Waals surface area contributed by atoms with Crippen molar-refractivity contribution in [3.05, 3.63) is 207 Å². The van der Waals surface area contributed by atoms with Crippen LogP contribution in [-0.4, -0.2) is 37.8 Å². The Morgan fingerprint density at radius 3 is 0.952 bits per heavy atom. The number of rotatable bonds is 5. The van der Waals surface area contributed by atoms with Gasteiger partial charge in [-0.1, -0.05) is 109 Å². The van der Waals surface area contributed by atoms with Gasteiger partial charge in [0.15, 0.2) is 0 Å². The largest absolute Gasteiger partial charge is 0.317 e. The molecule has 8 aromatic carbocycles. The van der Waals surface area contributed by atoms with E-state index in [-0.39, 0.29) is 0 Å². The van der Waals surface area contributed by atoms with Crippen molar-refractivity contribution in [2.45, 2.75) is 0 Å². The van der Waals surface area contributed by atoms with E-state index in [1.165, 1.54) is 0 Å². The van der Waals surface area contributed by atoms with Crippen molar-refractivity contribution in [3.8, 4) is 29.2 Å². The van der Waals surface area contributed by atoms with E-state index in [0.29, 0.717) is 17.8 Å². The third-order valence-corrected chi connectivity index (χ3v) is 12.8. The summed E-state index contributed by atoms with van der Waals surface area (Å²) in [6, 6.07) is 68.8. The molecule has 0 bridgehead atoms. The van der Waals surface area contributed by atoms with Crippen LogP contribution in [0.15, 0.2) is 207 Å². The number of para-hydroxylation sites is 6. The van der Waals surface area contributed by atoms with Gasteiger partial charge in [0.1, 0.15) is 0 Å². The van der Waals surface area contributed by atoms with E-state index in [4.69, 9.17) is 15.0 Å². The summed E-state index contributed by atoms with van der Waals surface area (Å²) in [5.74, 6) is 1.61. The third-order valence-electron chi connectivity index (χ3n) is 12.8. The van der Waals surface area contributed by atoms with E-state index in [1.807, 2.05) is 0 Å². The first-order chi connectivity index (χ1) is 31.2. The van der Waals surface area contributed by atoms with Crippen LogP contribution in [0.5, 0.6) is 0 Å². The molecule has 0 spiro atoms. The summed E-state index contributed by atoms with van der Waals surface area (Å²) in [6.07, 6.45) is 4.31. The lowest BCUT2D eigenvalue weighted by Gasteiger charge is -2.14. The molecule has 0 aliphatic carbocycles. The zero-order chi connectivity index (χ0) is 41.2. The summed E-state index contributed by atoms with van der Waals surface area (Å²) in [5.41, 5.74) is 10.6. The molecule has 6 aromatic heterocycles. The Balaban J connectivity index is 1.09. The molecule has 8 heteroatoms. The minimum Gasteiger partial charge on any atom is -0.317 e. The van der Waals surface area contributed by atoms with Gasteiger partial charge in [-0.05, 0) is 84.9 Å². The van der Waals surface area contributed by atoms with Crippen LogP contribution in [0.2, 0.25) is 0 Å². The molecule has 14 aromatic rings. The molecule has 294 valence electrons. The Morgan fingerprint density at radius 2 is 0.571 bits per heavy atom. The molecule has 0 amide bonds. The summed E-state index contributed by atoms with van der Waals surface area (Å²) in [5, 5.41) is 9.02. The second kappa shape index (κ2) is 12.9. The van der Waals surface area contributed by atoms with E-state index >= 15 is 0 Å². The highest BCUT2D eigenvalue weighted by Gasteiger charge is 2.24. The maximum Gasteiger partial charge on any atom is 0.241 e. The maximum atomic E-state index is 5.53. The Labute approximate surface area is 359 Å². The monoisotopic (exact) mass is 806 g/mol. The van der Waals surface area contributed by atoms with Gasteiger partial charge in [0.25, 0.3) is 0 Å². The summed E-state index contributed by atoms with van der Waals surface area (Å²) >= 11 is 0. The molecule has 0 saturated carbocycles. The normalized spacial score (nSPS) is 12.1. The molecule has 0 fully saturated rings. The molecule has 0 aliphatic rings. The summed E-state index contributed by atoms with van der Waals surface area (Å²) in [4.78, 5) is 16.5. The second-order valence-corrected chi connectivity index (χ2v) is 16.2. The van der Waals surface area contributed by atoms with Crippen molar-refractivity contribution < 1.29 is 0 Å². The Morgan fingerprint density at radius 1 is 0.254 bits per heavy atom. The average molecular weight is 807 g/mol. The van der Waals surface area contributed by atoms with Crippen molar-refractivity contribution in [1.29, 1.82) is 0 Å². The van der Waals surface area contributed by atoms with Crippen molar-refractivity contribution in [1.82, 2.24) is 37.8 Å². The molecular formula is C55H34N8. The molecule has 0 N–H and O–H groups in total. The Hall–Kier alpha value is -8.75. The van der Waals surface area contributed by atoms with Crippen molar-refractivity contribution in [2.24, 2.45) is 0 Å². The molecule has 6 heterocycles. The van der Waals surface area contributed by atoms with E-state index < -0.39 is 0 Å². The number of nitrogens with zero attached hydrogens (tertiary/aromatic N) is 8. The fourth-order valence-corrected chi connectivity index (χ4v) is 10.0. The number of hydrogen-bond acceptors (Lipinski definition) is 3. The lowest BCUT2D eigenvalue weighted by molar-refractivity contribution is 0.848. The maximum absolute atomic E-state index is 5.53. The SMILES string of the molecule is c1ccc(-n2ccc3cc4c(cc32)c2ccccc2n4-c2nc(-n3c4ccccc4c4ccccc43)nc(-n3c4ccccc4c4cc5c(ccn5-c5ccccc5)cc43)n2)cc1. The van der Waals surface area contributed by atoms with Crippen molar-refractivity contribution >= 4 is 87.2 Å². The average Bonchev–Trinajstić information content (AvgIpc) is 4.16. The van der Waals surface area contributed by atoms with E-state index in [9.17, 15) is 0 Å². The highest BCUT2D eigenvalue weighted by Crippen LogP contribution is 2.39. The quantitative estimate of drug-likeness (QED) is 0.174. The lowest BCUT2D eigenvalue weighted by atomic mass is 10.1. The van der Waals surface area contributed by atoms with Gasteiger partial charge in [-0.2, -0.15) is 15.0 Å². The van der Waals surface area contributed by atoms with Crippen LogP contribution in [0, 0.1) is 0 Å². The predicted molar refractivity (Wildman–Crippen MR) is 257 cm³/mol. The highest BCUT2D eigenvalue weighted by atomic mass is 15.3. The molecule has 0 aliphatic heterocycles. The van der Waals surface area contributed by atoms with Gasteiger partial charge in [-0.15, -0.1) is 0 Å². The Kier molecular flexibility index (Phi) is 6.95. The van der Waals surface area contributed by atoms with Crippen LogP contribution in [0.25, 0.3) is 116 Å². The molecule has 0 radical (unpaired) electrons. The number of fused-ring (bicyclic) bond motifs is 11. The molecular weight excluding hydrogens is 773 g/mol. The number of aromatic nitrogens is 8. The topological polar surface area (TPSA) is 63.3 Å². The van der Waals surface area contributed by atoms with Gasteiger partial charge in [0.2, 0.25) is 17.8 Å². The van der Waals surface area contributed by atoms with Gasteiger partial charge in [0.05, 0.1) is 44.1 Å². The third kappa shape index (κ3) is 4.88. The molecule has 0 saturated heterocycles. The van der Waals surface area contributed by atoms with Crippen LogP contribution in [0.4, 0.5) is 0 Å².